The van der Waals surface area contributed by atoms with E-state index in [-0.39, 0.29) is 0 Å². The number of hydrogen-bond acceptors (Lipinski definition) is 2. The minimum atomic E-state index is 0.376. The largest absolute Gasteiger partial charge is 0.312 e. The predicted molar refractivity (Wildman–Crippen MR) is 84.4 cm³/mol. The first kappa shape index (κ1) is 15.6. The van der Waals surface area contributed by atoms with Gasteiger partial charge in [-0.1, -0.05) is 58.9 Å². The molecule has 0 amide bonds. The molecule has 1 aromatic carbocycles. The standard InChI is InChI=1S/C16H27NS/c1-13(2)15-8-6-14(7-9-15)12-17-10-11-18-16(3,4)5/h6-9,13,17H,10-12H2,1-5H3. The summed E-state index contributed by atoms with van der Waals surface area (Å²) >= 11 is 2.01. The van der Waals surface area contributed by atoms with Crippen molar-refractivity contribution >= 4 is 11.8 Å². The summed E-state index contributed by atoms with van der Waals surface area (Å²) in [6.07, 6.45) is 0. The molecule has 0 saturated carbocycles. The van der Waals surface area contributed by atoms with Crippen LogP contribution in [-0.2, 0) is 6.54 Å². The molecule has 1 N–H and O–H groups in total. The van der Waals surface area contributed by atoms with E-state index < -0.39 is 0 Å². The molecule has 0 spiro atoms. The molecule has 0 aliphatic rings. The van der Waals surface area contributed by atoms with E-state index in [4.69, 9.17) is 0 Å². The molecule has 1 nitrogen and oxygen atoms in total. The Morgan fingerprint density at radius 2 is 1.72 bits per heavy atom. The lowest BCUT2D eigenvalue weighted by Crippen LogP contribution is -2.19. The quantitative estimate of drug-likeness (QED) is 0.764. The fourth-order valence-electron chi connectivity index (χ4n) is 1.68. The maximum atomic E-state index is 3.50. The van der Waals surface area contributed by atoms with Crippen molar-refractivity contribution in [3.05, 3.63) is 35.4 Å². The molecule has 2 heteroatoms. The van der Waals surface area contributed by atoms with Gasteiger partial charge in [0, 0.05) is 23.6 Å². The van der Waals surface area contributed by atoms with Crippen molar-refractivity contribution in [2.45, 2.75) is 51.8 Å². The summed E-state index contributed by atoms with van der Waals surface area (Å²) in [5.41, 5.74) is 2.79. The molecule has 0 heterocycles. The Morgan fingerprint density at radius 3 is 2.22 bits per heavy atom. The summed E-state index contributed by atoms with van der Waals surface area (Å²) in [6.45, 7) is 13.3. The van der Waals surface area contributed by atoms with Crippen molar-refractivity contribution in [2.75, 3.05) is 12.3 Å². The number of benzene rings is 1. The lowest BCUT2D eigenvalue weighted by molar-refractivity contribution is 0.725. The molecular weight excluding hydrogens is 238 g/mol. The van der Waals surface area contributed by atoms with Crippen LogP contribution in [0, 0.1) is 0 Å². The third kappa shape index (κ3) is 6.46. The van der Waals surface area contributed by atoms with Crippen LogP contribution in [0.3, 0.4) is 0 Å². The predicted octanol–water partition coefficient (Wildman–Crippen LogP) is 4.43. The Bertz CT molecular complexity index is 335. The Balaban J connectivity index is 2.23. The third-order valence-corrected chi connectivity index (χ3v) is 4.06. The van der Waals surface area contributed by atoms with E-state index in [9.17, 15) is 0 Å². The van der Waals surface area contributed by atoms with Gasteiger partial charge >= 0.3 is 0 Å². The van der Waals surface area contributed by atoms with E-state index in [0.29, 0.717) is 10.7 Å². The van der Waals surface area contributed by atoms with Gasteiger partial charge in [-0.2, -0.15) is 11.8 Å². The zero-order valence-electron chi connectivity index (χ0n) is 12.4. The number of hydrogen-bond donors (Lipinski definition) is 1. The second kappa shape index (κ2) is 7.20. The maximum absolute atomic E-state index is 3.50. The minimum absolute atomic E-state index is 0.376. The normalized spacial score (nSPS) is 12.1. The van der Waals surface area contributed by atoms with Gasteiger partial charge in [0.05, 0.1) is 0 Å². The van der Waals surface area contributed by atoms with Gasteiger partial charge in [0.15, 0.2) is 0 Å². The van der Waals surface area contributed by atoms with Crippen molar-refractivity contribution in [2.24, 2.45) is 0 Å². The fourth-order valence-corrected chi connectivity index (χ4v) is 2.54. The molecule has 102 valence electrons. The molecule has 18 heavy (non-hydrogen) atoms. The smallest absolute Gasteiger partial charge is 0.0205 e. The SMILES string of the molecule is CC(C)c1ccc(CNCCSC(C)(C)C)cc1. The number of rotatable bonds is 6. The van der Waals surface area contributed by atoms with E-state index >= 15 is 0 Å². The summed E-state index contributed by atoms with van der Waals surface area (Å²) in [6, 6.07) is 8.95. The monoisotopic (exact) mass is 265 g/mol. The van der Waals surface area contributed by atoms with Crippen LogP contribution in [0.2, 0.25) is 0 Å². The van der Waals surface area contributed by atoms with Crippen molar-refractivity contribution in [1.82, 2.24) is 5.32 Å². The first-order chi connectivity index (χ1) is 8.38. The first-order valence-electron chi connectivity index (χ1n) is 6.82. The van der Waals surface area contributed by atoms with E-state index in [2.05, 4.69) is 64.2 Å². The molecule has 0 radical (unpaired) electrons. The summed E-state index contributed by atoms with van der Waals surface area (Å²) in [5, 5.41) is 3.50. The summed E-state index contributed by atoms with van der Waals surface area (Å²) in [4.78, 5) is 0. The van der Waals surface area contributed by atoms with Gasteiger partial charge in [0.1, 0.15) is 0 Å². The van der Waals surface area contributed by atoms with Crippen LogP contribution in [0.5, 0.6) is 0 Å². The number of thioether (sulfide) groups is 1. The van der Waals surface area contributed by atoms with Crippen molar-refractivity contribution in [3.63, 3.8) is 0 Å². The van der Waals surface area contributed by atoms with Crippen molar-refractivity contribution in [3.8, 4) is 0 Å². The minimum Gasteiger partial charge on any atom is -0.312 e. The van der Waals surface area contributed by atoms with Crippen molar-refractivity contribution < 1.29 is 0 Å². The molecule has 0 aromatic heterocycles. The van der Waals surface area contributed by atoms with Gasteiger partial charge in [-0.3, -0.25) is 0 Å². The summed E-state index contributed by atoms with van der Waals surface area (Å²) in [7, 11) is 0. The average molecular weight is 265 g/mol. The van der Waals surface area contributed by atoms with Gasteiger partial charge < -0.3 is 5.32 Å². The maximum Gasteiger partial charge on any atom is 0.0205 e. The van der Waals surface area contributed by atoms with E-state index in [1.807, 2.05) is 11.8 Å². The Kier molecular flexibility index (Phi) is 6.24. The second-order valence-electron chi connectivity index (χ2n) is 6.03. The highest BCUT2D eigenvalue weighted by atomic mass is 32.2. The van der Waals surface area contributed by atoms with Crippen LogP contribution in [0.25, 0.3) is 0 Å². The van der Waals surface area contributed by atoms with Gasteiger partial charge in [-0.15, -0.1) is 0 Å². The lowest BCUT2D eigenvalue weighted by Gasteiger charge is -2.17. The molecule has 1 aromatic rings. The second-order valence-corrected chi connectivity index (χ2v) is 7.96. The molecular formula is C16H27NS. The molecule has 0 atom stereocenters. The summed E-state index contributed by atoms with van der Waals surface area (Å²) < 4.78 is 0.376. The zero-order valence-corrected chi connectivity index (χ0v) is 13.2. The van der Waals surface area contributed by atoms with E-state index in [0.717, 1.165) is 13.1 Å². The molecule has 0 unspecified atom stereocenters. The van der Waals surface area contributed by atoms with E-state index in [1.165, 1.54) is 16.9 Å². The third-order valence-electron chi connectivity index (χ3n) is 2.79. The molecule has 0 aliphatic heterocycles. The van der Waals surface area contributed by atoms with Gasteiger partial charge in [-0.25, -0.2) is 0 Å². The van der Waals surface area contributed by atoms with Crippen LogP contribution >= 0.6 is 11.8 Å². The first-order valence-corrected chi connectivity index (χ1v) is 7.80. The topological polar surface area (TPSA) is 12.0 Å². The lowest BCUT2D eigenvalue weighted by atomic mass is 10.0. The number of nitrogens with one attached hydrogen (secondary N) is 1. The van der Waals surface area contributed by atoms with Gasteiger partial charge in [0.25, 0.3) is 0 Å². The summed E-state index contributed by atoms with van der Waals surface area (Å²) in [5.74, 6) is 1.79. The molecule has 0 aliphatic carbocycles. The van der Waals surface area contributed by atoms with Crippen LogP contribution in [0.4, 0.5) is 0 Å². The van der Waals surface area contributed by atoms with E-state index in [1.54, 1.807) is 0 Å². The molecule has 1 rings (SSSR count). The highest BCUT2D eigenvalue weighted by molar-refractivity contribution is 8.00. The van der Waals surface area contributed by atoms with Crippen LogP contribution < -0.4 is 5.32 Å². The highest BCUT2D eigenvalue weighted by Crippen LogP contribution is 2.22. The van der Waals surface area contributed by atoms with Gasteiger partial charge in [-0.05, 0) is 17.0 Å². The zero-order chi connectivity index (χ0) is 13.6. The van der Waals surface area contributed by atoms with Crippen LogP contribution in [-0.4, -0.2) is 17.0 Å². The molecule has 0 saturated heterocycles. The van der Waals surface area contributed by atoms with Crippen molar-refractivity contribution in [1.29, 1.82) is 0 Å². The Labute approximate surface area is 117 Å². The van der Waals surface area contributed by atoms with Gasteiger partial charge in [0.2, 0.25) is 0 Å². The molecule has 0 fully saturated rings. The highest BCUT2D eigenvalue weighted by Gasteiger charge is 2.09. The fraction of sp³-hybridized carbons (Fsp3) is 0.625. The average Bonchev–Trinajstić information content (AvgIpc) is 2.27. The van der Waals surface area contributed by atoms with Crippen LogP contribution in [0.15, 0.2) is 24.3 Å². The van der Waals surface area contributed by atoms with Crippen LogP contribution in [0.1, 0.15) is 51.7 Å². The Morgan fingerprint density at radius 1 is 1.11 bits per heavy atom. The Hall–Kier alpha value is -0.470. The molecule has 0 bridgehead atoms.